The van der Waals surface area contributed by atoms with E-state index in [1.54, 1.807) is 6.92 Å². The van der Waals surface area contributed by atoms with Crippen LogP contribution >= 0.6 is 0 Å². The molecule has 0 heterocycles. The largest absolute Gasteiger partial charge is 0.469 e. The van der Waals surface area contributed by atoms with E-state index < -0.39 is 36.3 Å². The number of ether oxygens (including phenoxy) is 1. The van der Waals surface area contributed by atoms with Crippen molar-refractivity contribution in [3.05, 3.63) is 0 Å². The Kier molecular flexibility index (Phi) is 6.28. The van der Waals surface area contributed by atoms with Crippen LogP contribution in [0.4, 0.5) is 30.7 Å². The Labute approximate surface area is 111 Å². The fourth-order valence-corrected chi connectivity index (χ4v) is 1.57. The maximum atomic E-state index is 13.2. The zero-order valence-electron chi connectivity index (χ0n) is 10.9. The molecule has 0 saturated heterocycles. The van der Waals surface area contributed by atoms with Gasteiger partial charge >= 0.3 is 24.0 Å². The number of hydrogen-bond donors (Lipinski definition) is 0. The van der Waals surface area contributed by atoms with Gasteiger partial charge in [0.2, 0.25) is 0 Å². The minimum absolute atomic E-state index is 0.230. The third kappa shape index (κ3) is 4.24. The Morgan fingerprint density at radius 1 is 1.10 bits per heavy atom. The Balaban J connectivity index is 5.13. The Morgan fingerprint density at radius 3 is 1.95 bits per heavy atom. The highest BCUT2D eigenvalue weighted by molar-refractivity contribution is 5.72. The SMILES string of the molecule is CCCCC(CC(F)(F)C(F)(F)C(F)(F)F)C(=O)OC. The molecule has 0 fully saturated rings. The van der Waals surface area contributed by atoms with E-state index in [0.717, 1.165) is 7.11 Å². The summed E-state index contributed by atoms with van der Waals surface area (Å²) >= 11 is 0. The van der Waals surface area contributed by atoms with Gasteiger partial charge in [-0.2, -0.15) is 30.7 Å². The molecule has 0 spiro atoms. The summed E-state index contributed by atoms with van der Waals surface area (Å²) in [6.45, 7) is 1.65. The van der Waals surface area contributed by atoms with Gasteiger partial charge in [0, 0.05) is 6.42 Å². The van der Waals surface area contributed by atoms with Gasteiger partial charge in [-0.05, 0) is 6.42 Å². The highest BCUT2D eigenvalue weighted by atomic mass is 19.4. The number of rotatable bonds is 7. The van der Waals surface area contributed by atoms with Crippen LogP contribution in [0.25, 0.3) is 0 Å². The zero-order chi connectivity index (χ0) is 16.2. The molecule has 0 rings (SSSR count). The van der Waals surface area contributed by atoms with E-state index >= 15 is 0 Å². The van der Waals surface area contributed by atoms with Crippen molar-refractivity contribution >= 4 is 5.97 Å². The Bertz CT molecular complexity index is 325. The maximum Gasteiger partial charge on any atom is 0.459 e. The number of unbranched alkanes of at least 4 members (excludes halogenated alkanes) is 1. The van der Waals surface area contributed by atoms with E-state index in [-0.39, 0.29) is 12.8 Å². The van der Waals surface area contributed by atoms with Gasteiger partial charge in [0.1, 0.15) is 0 Å². The van der Waals surface area contributed by atoms with Crippen molar-refractivity contribution in [1.29, 1.82) is 0 Å². The van der Waals surface area contributed by atoms with Crippen LogP contribution in [0.5, 0.6) is 0 Å². The van der Waals surface area contributed by atoms with Crippen LogP contribution in [0.1, 0.15) is 32.6 Å². The summed E-state index contributed by atoms with van der Waals surface area (Å²) in [6, 6.07) is 0. The standard InChI is InChI=1S/C11H15F7O2/c1-3-4-5-7(8(19)20-2)6-9(12,13)10(14,15)11(16,17)18/h7H,3-6H2,1-2H3. The molecule has 20 heavy (non-hydrogen) atoms. The van der Waals surface area contributed by atoms with Crippen LogP contribution in [-0.2, 0) is 9.53 Å². The number of hydrogen-bond acceptors (Lipinski definition) is 2. The molecule has 0 aromatic rings. The number of halogens is 7. The molecule has 0 aliphatic carbocycles. The smallest absolute Gasteiger partial charge is 0.459 e. The number of carbonyl (C=O) groups is 1. The van der Waals surface area contributed by atoms with E-state index in [1.165, 1.54) is 0 Å². The topological polar surface area (TPSA) is 26.3 Å². The maximum absolute atomic E-state index is 13.2. The summed E-state index contributed by atoms with van der Waals surface area (Å²) < 4.78 is 91.9. The van der Waals surface area contributed by atoms with Crippen molar-refractivity contribution in [2.24, 2.45) is 5.92 Å². The summed E-state index contributed by atoms with van der Waals surface area (Å²) in [7, 11) is 0.849. The molecule has 0 amide bonds. The molecule has 0 aliphatic rings. The first-order valence-corrected chi connectivity index (χ1v) is 5.81. The second-order valence-corrected chi connectivity index (χ2v) is 4.34. The Hall–Kier alpha value is -1.02. The van der Waals surface area contributed by atoms with Gasteiger partial charge in [0.25, 0.3) is 0 Å². The zero-order valence-corrected chi connectivity index (χ0v) is 10.9. The van der Waals surface area contributed by atoms with Crippen LogP contribution < -0.4 is 0 Å². The van der Waals surface area contributed by atoms with Gasteiger partial charge in [0.05, 0.1) is 13.0 Å². The van der Waals surface area contributed by atoms with Crippen LogP contribution in [0.2, 0.25) is 0 Å². The molecule has 0 radical (unpaired) electrons. The summed E-state index contributed by atoms with van der Waals surface area (Å²) in [6.07, 6.45) is -7.84. The lowest BCUT2D eigenvalue weighted by Gasteiger charge is -2.30. The van der Waals surface area contributed by atoms with Crippen molar-refractivity contribution in [2.75, 3.05) is 7.11 Å². The minimum Gasteiger partial charge on any atom is -0.469 e. The van der Waals surface area contributed by atoms with Gasteiger partial charge < -0.3 is 4.74 Å². The summed E-state index contributed by atoms with van der Waals surface area (Å²) in [4.78, 5) is 11.2. The van der Waals surface area contributed by atoms with Crippen molar-refractivity contribution < 1.29 is 40.3 Å². The number of alkyl halides is 7. The van der Waals surface area contributed by atoms with Crippen molar-refractivity contribution in [3.8, 4) is 0 Å². The summed E-state index contributed by atoms with van der Waals surface area (Å²) in [5, 5.41) is 0. The lowest BCUT2D eigenvalue weighted by molar-refractivity contribution is -0.357. The minimum atomic E-state index is -6.39. The lowest BCUT2D eigenvalue weighted by atomic mass is 9.92. The number of esters is 1. The average molecular weight is 312 g/mol. The molecular weight excluding hydrogens is 297 g/mol. The predicted molar refractivity (Wildman–Crippen MR) is 55.6 cm³/mol. The van der Waals surface area contributed by atoms with E-state index in [2.05, 4.69) is 4.74 Å². The van der Waals surface area contributed by atoms with Gasteiger partial charge in [-0.1, -0.05) is 19.8 Å². The molecule has 0 aromatic carbocycles. The third-order valence-electron chi connectivity index (χ3n) is 2.76. The third-order valence-corrected chi connectivity index (χ3v) is 2.76. The van der Waals surface area contributed by atoms with Crippen LogP contribution in [0.15, 0.2) is 0 Å². The normalized spacial score (nSPS) is 15.1. The first kappa shape index (κ1) is 19.0. The lowest BCUT2D eigenvalue weighted by Crippen LogP contribution is -2.53. The molecule has 120 valence electrons. The van der Waals surface area contributed by atoms with E-state index in [1.807, 2.05) is 0 Å². The molecule has 9 heteroatoms. The highest BCUT2D eigenvalue weighted by Gasteiger charge is 2.73. The van der Waals surface area contributed by atoms with E-state index in [9.17, 15) is 35.5 Å². The van der Waals surface area contributed by atoms with Gasteiger partial charge in [-0.15, -0.1) is 0 Å². The monoisotopic (exact) mass is 312 g/mol. The quantitative estimate of drug-likeness (QED) is 0.520. The highest BCUT2D eigenvalue weighted by Crippen LogP contribution is 2.49. The fraction of sp³-hybridized carbons (Fsp3) is 0.909. The average Bonchev–Trinajstić information content (AvgIpc) is 2.31. The first-order valence-electron chi connectivity index (χ1n) is 5.81. The second-order valence-electron chi connectivity index (χ2n) is 4.34. The predicted octanol–water partition coefficient (Wildman–Crippen LogP) is 4.19. The number of methoxy groups -OCH3 is 1. The summed E-state index contributed by atoms with van der Waals surface area (Å²) in [5.41, 5.74) is 0. The molecule has 1 atom stereocenters. The molecule has 0 N–H and O–H groups in total. The van der Waals surface area contributed by atoms with Gasteiger partial charge in [-0.25, -0.2) is 0 Å². The second kappa shape index (κ2) is 6.62. The molecule has 0 aliphatic heterocycles. The fourth-order valence-electron chi connectivity index (χ4n) is 1.57. The molecule has 0 bridgehead atoms. The molecule has 1 unspecified atom stereocenters. The van der Waals surface area contributed by atoms with Crippen LogP contribution in [0, 0.1) is 5.92 Å². The number of carbonyl (C=O) groups excluding carboxylic acids is 1. The first-order chi connectivity index (χ1) is 8.90. The van der Waals surface area contributed by atoms with Crippen LogP contribution in [-0.4, -0.2) is 31.1 Å². The van der Waals surface area contributed by atoms with Crippen molar-refractivity contribution in [3.63, 3.8) is 0 Å². The van der Waals surface area contributed by atoms with Gasteiger partial charge in [-0.3, -0.25) is 4.79 Å². The molecule has 2 nitrogen and oxygen atoms in total. The molecule has 0 saturated carbocycles. The molecular formula is C11H15F7O2. The van der Waals surface area contributed by atoms with Crippen molar-refractivity contribution in [1.82, 2.24) is 0 Å². The van der Waals surface area contributed by atoms with Crippen LogP contribution in [0.3, 0.4) is 0 Å². The Morgan fingerprint density at radius 2 is 1.60 bits per heavy atom. The molecule has 0 aromatic heterocycles. The van der Waals surface area contributed by atoms with E-state index in [4.69, 9.17) is 0 Å². The summed E-state index contributed by atoms with van der Waals surface area (Å²) in [5.74, 6) is -14.5. The van der Waals surface area contributed by atoms with Crippen molar-refractivity contribution in [2.45, 2.75) is 50.6 Å². The van der Waals surface area contributed by atoms with E-state index in [0.29, 0.717) is 6.42 Å². The van der Waals surface area contributed by atoms with Gasteiger partial charge in [0.15, 0.2) is 0 Å².